The molecular formula is C16H22ClNO2. The molecule has 1 amide bonds. The molecule has 0 aromatic heterocycles. The fraction of sp³-hybridized carbons (Fsp3) is 0.562. The van der Waals surface area contributed by atoms with Crippen molar-refractivity contribution in [1.82, 2.24) is 5.32 Å². The monoisotopic (exact) mass is 295 g/mol. The Kier molecular flexibility index (Phi) is 5.30. The van der Waals surface area contributed by atoms with E-state index in [0.29, 0.717) is 35.4 Å². The highest BCUT2D eigenvalue weighted by atomic mass is 35.5. The van der Waals surface area contributed by atoms with Crippen LogP contribution in [0.1, 0.15) is 41.6 Å². The second kappa shape index (κ2) is 6.98. The van der Waals surface area contributed by atoms with Gasteiger partial charge >= 0.3 is 0 Å². The zero-order chi connectivity index (χ0) is 14.5. The number of carbonyl (C=O) groups is 1. The summed E-state index contributed by atoms with van der Waals surface area (Å²) in [6, 6.07) is 5.03. The molecule has 3 nitrogen and oxygen atoms in total. The van der Waals surface area contributed by atoms with Crippen LogP contribution in [0, 0.1) is 18.8 Å². The smallest absolute Gasteiger partial charge is 0.251 e. The number of phenols is 1. The van der Waals surface area contributed by atoms with Crippen LogP contribution in [-0.4, -0.2) is 23.4 Å². The second-order valence-corrected chi connectivity index (χ2v) is 5.93. The molecule has 0 bridgehead atoms. The normalized spacial score (nSPS) is 22.5. The number of nitrogens with one attached hydrogen (secondary N) is 1. The molecular weight excluding hydrogens is 274 g/mol. The fourth-order valence-electron chi connectivity index (χ4n) is 2.94. The number of halogens is 1. The summed E-state index contributed by atoms with van der Waals surface area (Å²) in [6.07, 6.45) is 4.76. The minimum absolute atomic E-state index is 0.114. The molecule has 0 aliphatic heterocycles. The first kappa shape index (κ1) is 15.2. The van der Waals surface area contributed by atoms with Gasteiger partial charge in [0.25, 0.3) is 5.91 Å². The van der Waals surface area contributed by atoms with E-state index < -0.39 is 0 Å². The van der Waals surface area contributed by atoms with E-state index in [2.05, 4.69) is 5.32 Å². The average Bonchev–Trinajstić information content (AvgIpc) is 2.48. The van der Waals surface area contributed by atoms with Crippen LogP contribution in [0.25, 0.3) is 0 Å². The van der Waals surface area contributed by atoms with Crippen LogP contribution < -0.4 is 5.32 Å². The van der Waals surface area contributed by atoms with Gasteiger partial charge in [-0.1, -0.05) is 18.9 Å². The summed E-state index contributed by atoms with van der Waals surface area (Å²) in [6.45, 7) is 2.43. The van der Waals surface area contributed by atoms with E-state index in [1.807, 2.05) is 0 Å². The summed E-state index contributed by atoms with van der Waals surface area (Å²) in [7, 11) is 0. The highest BCUT2D eigenvalue weighted by molar-refractivity contribution is 6.18. The molecule has 0 saturated heterocycles. The SMILES string of the molecule is Cc1c(O)cccc1C(=O)NCC1CCCCC1CCl. The first-order chi connectivity index (χ1) is 9.63. The number of hydrogen-bond donors (Lipinski definition) is 2. The number of aromatic hydroxyl groups is 1. The van der Waals surface area contributed by atoms with E-state index in [0.717, 1.165) is 12.8 Å². The van der Waals surface area contributed by atoms with E-state index in [1.165, 1.54) is 12.8 Å². The molecule has 2 N–H and O–H groups in total. The molecule has 0 radical (unpaired) electrons. The molecule has 1 aliphatic rings. The van der Waals surface area contributed by atoms with Crippen molar-refractivity contribution in [1.29, 1.82) is 0 Å². The zero-order valence-corrected chi connectivity index (χ0v) is 12.6. The van der Waals surface area contributed by atoms with Gasteiger partial charge in [-0.05, 0) is 43.7 Å². The number of carbonyl (C=O) groups excluding carboxylic acids is 1. The van der Waals surface area contributed by atoms with Crippen molar-refractivity contribution >= 4 is 17.5 Å². The number of amides is 1. The molecule has 2 rings (SSSR count). The third-order valence-corrected chi connectivity index (χ3v) is 4.74. The van der Waals surface area contributed by atoms with Gasteiger partial charge in [0.2, 0.25) is 0 Å². The summed E-state index contributed by atoms with van der Waals surface area (Å²) < 4.78 is 0. The van der Waals surface area contributed by atoms with Crippen molar-refractivity contribution in [2.45, 2.75) is 32.6 Å². The van der Waals surface area contributed by atoms with Crippen LogP contribution in [0.2, 0.25) is 0 Å². The van der Waals surface area contributed by atoms with Gasteiger partial charge in [0.1, 0.15) is 5.75 Å². The maximum absolute atomic E-state index is 12.2. The summed E-state index contributed by atoms with van der Waals surface area (Å²) in [4.78, 5) is 12.2. The Morgan fingerprint density at radius 3 is 2.75 bits per heavy atom. The topological polar surface area (TPSA) is 49.3 Å². The lowest BCUT2D eigenvalue weighted by molar-refractivity contribution is 0.0935. The van der Waals surface area contributed by atoms with Crippen LogP contribution >= 0.6 is 11.6 Å². The van der Waals surface area contributed by atoms with Crippen molar-refractivity contribution < 1.29 is 9.90 Å². The van der Waals surface area contributed by atoms with Gasteiger partial charge in [-0.2, -0.15) is 0 Å². The molecule has 1 aliphatic carbocycles. The first-order valence-corrected chi connectivity index (χ1v) is 7.79. The van der Waals surface area contributed by atoms with Crippen molar-refractivity contribution in [2.24, 2.45) is 11.8 Å². The molecule has 1 fully saturated rings. The Morgan fingerprint density at radius 2 is 2.05 bits per heavy atom. The van der Waals surface area contributed by atoms with E-state index in [4.69, 9.17) is 11.6 Å². The maximum atomic E-state index is 12.2. The summed E-state index contributed by atoms with van der Waals surface area (Å²) in [5.74, 6) is 1.70. The minimum atomic E-state index is -0.114. The van der Waals surface area contributed by atoms with Gasteiger partial charge in [-0.15, -0.1) is 11.6 Å². The van der Waals surface area contributed by atoms with Crippen molar-refractivity contribution in [3.05, 3.63) is 29.3 Å². The summed E-state index contributed by atoms with van der Waals surface area (Å²) in [5, 5.41) is 12.6. The van der Waals surface area contributed by atoms with E-state index in [-0.39, 0.29) is 11.7 Å². The van der Waals surface area contributed by atoms with Crippen LogP contribution in [0.4, 0.5) is 0 Å². The quantitative estimate of drug-likeness (QED) is 0.836. The molecule has 1 aromatic rings. The third kappa shape index (κ3) is 3.45. The van der Waals surface area contributed by atoms with E-state index in [9.17, 15) is 9.90 Å². The van der Waals surface area contributed by atoms with Gasteiger partial charge in [0.05, 0.1) is 0 Å². The van der Waals surface area contributed by atoms with Crippen LogP contribution in [0.5, 0.6) is 5.75 Å². The lowest BCUT2D eigenvalue weighted by Gasteiger charge is -2.30. The zero-order valence-electron chi connectivity index (χ0n) is 11.9. The molecule has 0 spiro atoms. The van der Waals surface area contributed by atoms with Crippen molar-refractivity contribution in [2.75, 3.05) is 12.4 Å². The highest BCUT2D eigenvalue weighted by Crippen LogP contribution is 2.30. The number of phenolic OH excluding ortho intramolecular Hbond substituents is 1. The molecule has 1 aromatic carbocycles. The lowest BCUT2D eigenvalue weighted by atomic mass is 9.80. The van der Waals surface area contributed by atoms with E-state index in [1.54, 1.807) is 25.1 Å². The molecule has 110 valence electrons. The molecule has 20 heavy (non-hydrogen) atoms. The van der Waals surface area contributed by atoms with Gasteiger partial charge in [0, 0.05) is 23.6 Å². The number of alkyl halides is 1. The lowest BCUT2D eigenvalue weighted by Crippen LogP contribution is -2.35. The predicted molar refractivity (Wildman–Crippen MR) is 81.3 cm³/mol. The van der Waals surface area contributed by atoms with Gasteiger partial charge in [0.15, 0.2) is 0 Å². The average molecular weight is 296 g/mol. The van der Waals surface area contributed by atoms with Crippen molar-refractivity contribution in [3.8, 4) is 5.75 Å². The Balaban J connectivity index is 1.96. The van der Waals surface area contributed by atoms with Crippen LogP contribution in [0.15, 0.2) is 18.2 Å². The Morgan fingerprint density at radius 1 is 1.35 bits per heavy atom. The summed E-state index contributed by atoms with van der Waals surface area (Å²) >= 11 is 6.01. The van der Waals surface area contributed by atoms with Gasteiger partial charge < -0.3 is 10.4 Å². The maximum Gasteiger partial charge on any atom is 0.251 e. The molecule has 2 unspecified atom stereocenters. The van der Waals surface area contributed by atoms with Crippen LogP contribution in [0.3, 0.4) is 0 Å². The van der Waals surface area contributed by atoms with E-state index >= 15 is 0 Å². The third-order valence-electron chi connectivity index (χ3n) is 4.34. The van der Waals surface area contributed by atoms with Crippen molar-refractivity contribution in [3.63, 3.8) is 0 Å². The largest absolute Gasteiger partial charge is 0.508 e. The molecule has 0 heterocycles. The number of benzene rings is 1. The first-order valence-electron chi connectivity index (χ1n) is 7.26. The fourth-order valence-corrected chi connectivity index (χ4v) is 3.35. The molecule has 4 heteroatoms. The standard InChI is InChI=1S/C16H22ClNO2/c1-11-14(7-4-8-15(11)19)16(20)18-10-13-6-3-2-5-12(13)9-17/h4,7-8,12-13,19H,2-3,5-6,9-10H2,1H3,(H,18,20). The number of rotatable bonds is 4. The van der Waals surface area contributed by atoms with Gasteiger partial charge in [-0.25, -0.2) is 0 Å². The Hall–Kier alpha value is -1.22. The predicted octanol–water partition coefficient (Wildman–Crippen LogP) is 3.48. The highest BCUT2D eigenvalue weighted by Gasteiger charge is 2.25. The minimum Gasteiger partial charge on any atom is -0.508 e. The molecule has 1 saturated carbocycles. The Labute approximate surface area is 125 Å². The number of hydrogen-bond acceptors (Lipinski definition) is 2. The summed E-state index contributed by atoms with van der Waals surface area (Å²) in [5.41, 5.74) is 1.17. The van der Waals surface area contributed by atoms with Gasteiger partial charge in [-0.3, -0.25) is 4.79 Å². The second-order valence-electron chi connectivity index (χ2n) is 5.62. The molecule has 2 atom stereocenters. The Bertz CT molecular complexity index is 476. The van der Waals surface area contributed by atoms with Crippen LogP contribution in [-0.2, 0) is 0 Å².